The number of para-hydroxylation sites is 1. The van der Waals surface area contributed by atoms with Gasteiger partial charge in [-0.15, -0.1) is 0 Å². The standard InChI is InChI=1S/C13H18ClN3O/c1-9(18)16-11-5-6-17(8-11)13-10(7-15)3-2-4-12(13)14/h2-4,11H,5-8,15H2,1H3,(H,16,18). The fraction of sp³-hybridized carbons (Fsp3) is 0.462. The highest BCUT2D eigenvalue weighted by molar-refractivity contribution is 6.33. The minimum atomic E-state index is 0.0139. The van der Waals surface area contributed by atoms with Crippen LogP contribution >= 0.6 is 11.6 Å². The third-order valence-corrected chi connectivity index (χ3v) is 3.51. The molecule has 18 heavy (non-hydrogen) atoms. The van der Waals surface area contributed by atoms with E-state index in [0.29, 0.717) is 6.54 Å². The van der Waals surface area contributed by atoms with E-state index in [9.17, 15) is 4.79 Å². The van der Waals surface area contributed by atoms with Crippen molar-refractivity contribution in [1.29, 1.82) is 0 Å². The monoisotopic (exact) mass is 267 g/mol. The number of anilines is 1. The number of nitrogens with one attached hydrogen (secondary N) is 1. The van der Waals surface area contributed by atoms with Crippen molar-refractivity contribution in [3.05, 3.63) is 28.8 Å². The highest BCUT2D eigenvalue weighted by Crippen LogP contribution is 2.32. The van der Waals surface area contributed by atoms with Gasteiger partial charge in [-0.25, -0.2) is 0 Å². The Balaban J connectivity index is 2.16. The third-order valence-electron chi connectivity index (χ3n) is 3.20. The molecule has 1 atom stereocenters. The molecule has 5 heteroatoms. The van der Waals surface area contributed by atoms with Crippen molar-refractivity contribution < 1.29 is 4.79 Å². The van der Waals surface area contributed by atoms with Crippen LogP contribution in [0.2, 0.25) is 5.02 Å². The Bertz CT molecular complexity index is 450. The van der Waals surface area contributed by atoms with E-state index in [1.165, 1.54) is 0 Å². The van der Waals surface area contributed by atoms with Crippen LogP contribution in [0.3, 0.4) is 0 Å². The van der Waals surface area contributed by atoms with Gasteiger partial charge < -0.3 is 16.0 Å². The van der Waals surface area contributed by atoms with E-state index in [-0.39, 0.29) is 11.9 Å². The first kappa shape index (κ1) is 13.2. The zero-order valence-electron chi connectivity index (χ0n) is 10.4. The number of hydrogen-bond donors (Lipinski definition) is 2. The summed E-state index contributed by atoms with van der Waals surface area (Å²) in [6, 6.07) is 5.98. The minimum absolute atomic E-state index is 0.0139. The second-order valence-electron chi connectivity index (χ2n) is 4.58. The minimum Gasteiger partial charge on any atom is -0.368 e. The van der Waals surface area contributed by atoms with Gasteiger partial charge in [0.15, 0.2) is 0 Å². The first-order chi connectivity index (χ1) is 8.61. The molecule has 3 N–H and O–H groups in total. The quantitative estimate of drug-likeness (QED) is 0.873. The lowest BCUT2D eigenvalue weighted by molar-refractivity contribution is -0.119. The largest absolute Gasteiger partial charge is 0.368 e. The molecule has 98 valence electrons. The van der Waals surface area contributed by atoms with E-state index >= 15 is 0 Å². The van der Waals surface area contributed by atoms with Crippen LogP contribution in [0.1, 0.15) is 18.9 Å². The number of carbonyl (C=O) groups excluding carboxylic acids is 1. The summed E-state index contributed by atoms with van der Waals surface area (Å²) in [4.78, 5) is 13.3. The van der Waals surface area contributed by atoms with Gasteiger partial charge in [0.1, 0.15) is 0 Å². The van der Waals surface area contributed by atoms with Crippen molar-refractivity contribution in [3.8, 4) is 0 Å². The smallest absolute Gasteiger partial charge is 0.217 e. The number of rotatable bonds is 3. The molecule has 2 rings (SSSR count). The topological polar surface area (TPSA) is 58.4 Å². The summed E-state index contributed by atoms with van der Waals surface area (Å²) in [6.45, 7) is 3.69. The number of nitrogens with two attached hydrogens (primary N) is 1. The van der Waals surface area contributed by atoms with Gasteiger partial charge in [-0.1, -0.05) is 23.7 Å². The normalized spacial score (nSPS) is 19.1. The Labute approximate surface area is 112 Å². The van der Waals surface area contributed by atoms with Crippen molar-refractivity contribution in [3.63, 3.8) is 0 Å². The molecular formula is C13H18ClN3O. The van der Waals surface area contributed by atoms with Crippen LogP contribution in [0.4, 0.5) is 5.69 Å². The molecule has 1 fully saturated rings. The molecule has 0 radical (unpaired) electrons. The summed E-state index contributed by atoms with van der Waals surface area (Å²) in [5.41, 5.74) is 7.80. The fourth-order valence-electron chi connectivity index (χ4n) is 2.45. The molecule has 0 spiro atoms. The summed E-state index contributed by atoms with van der Waals surface area (Å²) in [7, 11) is 0. The second kappa shape index (κ2) is 5.59. The SMILES string of the molecule is CC(=O)NC1CCN(c2c(Cl)cccc2CN)C1. The maximum absolute atomic E-state index is 11.1. The molecule has 1 heterocycles. The second-order valence-corrected chi connectivity index (χ2v) is 4.99. The molecule has 0 aliphatic carbocycles. The number of carbonyl (C=O) groups is 1. The van der Waals surface area contributed by atoms with Crippen LogP contribution in [-0.2, 0) is 11.3 Å². The lowest BCUT2D eigenvalue weighted by Gasteiger charge is -2.23. The van der Waals surface area contributed by atoms with Crippen LogP contribution in [0.5, 0.6) is 0 Å². The van der Waals surface area contributed by atoms with Gasteiger partial charge in [-0.3, -0.25) is 4.79 Å². The van der Waals surface area contributed by atoms with Gasteiger partial charge in [0.25, 0.3) is 0 Å². The lowest BCUT2D eigenvalue weighted by atomic mass is 10.1. The van der Waals surface area contributed by atoms with E-state index in [4.69, 9.17) is 17.3 Å². The van der Waals surface area contributed by atoms with Gasteiger partial charge in [0, 0.05) is 32.6 Å². The summed E-state index contributed by atoms with van der Waals surface area (Å²) in [5.74, 6) is 0.0139. The molecule has 0 bridgehead atoms. The summed E-state index contributed by atoms with van der Waals surface area (Å²) >= 11 is 6.26. The highest BCUT2D eigenvalue weighted by atomic mass is 35.5. The molecule has 1 amide bonds. The van der Waals surface area contributed by atoms with Crippen LogP contribution < -0.4 is 16.0 Å². The van der Waals surface area contributed by atoms with Crippen molar-refractivity contribution in [2.45, 2.75) is 25.9 Å². The van der Waals surface area contributed by atoms with Gasteiger partial charge in [-0.05, 0) is 18.1 Å². The Hall–Kier alpha value is -1.26. The molecular weight excluding hydrogens is 250 g/mol. The van der Waals surface area contributed by atoms with Crippen molar-refractivity contribution >= 4 is 23.2 Å². The van der Waals surface area contributed by atoms with Crippen molar-refractivity contribution in [2.24, 2.45) is 5.73 Å². The molecule has 0 saturated carbocycles. The first-order valence-corrected chi connectivity index (χ1v) is 6.49. The number of hydrogen-bond acceptors (Lipinski definition) is 3. The Morgan fingerprint density at radius 1 is 1.61 bits per heavy atom. The highest BCUT2D eigenvalue weighted by Gasteiger charge is 2.25. The van der Waals surface area contributed by atoms with Crippen molar-refractivity contribution in [2.75, 3.05) is 18.0 Å². The van der Waals surface area contributed by atoms with Gasteiger partial charge in [-0.2, -0.15) is 0 Å². The van der Waals surface area contributed by atoms with Gasteiger partial charge in [0.05, 0.1) is 10.7 Å². The summed E-state index contributed by atoms with van der Waals surface area (Å²) in [5, 5.41) is 3.67. The fourth-order valence-corrected chi connectivity index (χ4v) is 2.76. The zero-order chi connectivity index (χ0) is 13.1. The molecule has 1 aromatic carbocycles. The Morgan fingerprint density at radius 2 is 2.39 bits per heavy atom. The zero-order valence-corrected chi connectivity index (χ0v) is 11.2. The van der Waals surface area contributed by atoms with E-state index in [1.807, 2.05) is 18.2 Å². The molecule has 1 aliphatic heterocycles. The molecule has 1 aromatic rings. The predicted octanol–water partition coefficient (Wildman–Crippen LogP) is 1.51. The van der Waals surface area contributed by atoms with E-state index in [2.05, 4.69) is 10.2 Å². The van der Waals surface area contributed by atoms with E-state index in [1.54, 1.807) is 6.92 Å². The number of nitrogens with zero attached hydrogens (tertiary/aromatic N) is 1. The maximum Gasteiger partial charge on any atom is 0.217 e. The molecule has 1 aliphatic rings. The number of halogens is 1. The number of amides is 1. The number of benzene rings is 1. The van der Waals surface area contributed by atoms with Gasteiger partial charge >= 0.3 is 0 Å². The van der Waals surface area contributed by atoms with E-state index < -0.39 is 0 Å². The van der Waals surface area contributed by atoms with Crippen LogP contribution in [0.15, 0.2) is 18.2 Å². The predicted molar refractivity (Wildman–Crippen MR) is 73.8 cm³/mol. The summed E-state index contributed by atoms with van der Waals surface area (Å²) in [6.07, 6.45) is 0.939. The van der Waals surface area contributed by atoms with Crippen LogP contribution in [0.25, 0.3) is 0 Å². The van der Waals surface area contributed by atoms with Crippen LogP contribution in [-0.4, -0.2) is 25.0 Å². The van der Waals surface area contributed by atoms with Crippen molar-refractivity contribution in [1.82, 2.24) is 5.32 Å². The Morgan fingerprint density at radius 3 is 3.06 bits per heavy atom. The van der Waals surface area contributed by atoms with Crippen LogP contribution in [0, 0.1) is 0 Å². The summed E-state index contributed by atoms with van der Waals surface area (Å²) < 4.78 is 0. The van der Waals surface area contributed by atoms with E-state index in [0.717, 1.165) is 35.8 Å². The lowest BCUT2D eigenvalue weighted by Crippen LogP contribution is -2.35. The third kappa shape index (κ3) is 2.76. The molecule has 4 nitrogen and oxygen atoms in total. The Kier molecular flexibility index (Phi) is 4.09. The average molecular weight is 268 g/mol. The molecule has 1 unspecified atom stereocenters. The molecule has 1 saturated heterocycles. The first-order valence-electron chi connectivity index (χ1n) is 6.11. The van der Waals surface area contributed by atoms with Gasteiger partial charge in [0.2, 0.25) is 5.91 Å². The average Bonchev–Trinajstić information content (AvgIpc) is 2.75. The molecule has 0 aromatic heterocycles. The maximum atomic E-state index is 11.1.